The summed E-state index contributed by atoms with van der Waals surface area (Å²) in [5.41, 5.74) is 7.49. The molecule has 19 heavy (non-hydrogen) atoms. The van der Waals surface area contributed by atoms with Crippen LogP contribution in [0, 0.1) is 5.41 Å². The summed E-state index contributed by atoms with van der Waals surface area (Å²) in [6.45, 7) is 4.58. The van der Waals surface area contributed by atoms with Gasteiger partial charge in [0.1, 0.15) is 0 Å². The van der Waals surface area contributed by atoms with Gasteiger partial charge in [-0.3, -0.25) is 0 Å². The van der Waals surface area contributed by atoms with Crippen LogP contribution >= 0.6 is 0 Å². The van der Waals surface area contributed by atoms with E-state index < -0.39 is 0 Å². The van der Waals surface area contributed by atoms with Crippen molar-refractivity contribution in [3.8, 4) is 0 Å². The standard InChI is InChI=1S/C15H23N3O/c1-15(2)9-7-13(8-10-15)18-14(19)17-12-5-3-11(16)4-6-12/h3-6,13H,7-10,16H2,1-2H3,(H2,17,18,19). The van der Waals surface area contributed by atoms with Crippen LogP contribution in [-0.4, -0.2) is 12.1 Å². The van der Waals surface area contributed by atoms with Crippen LogP contribution in [0.15, 0.2) is 24.3 Å². The van der Waals surface area contributed by atoms with E-state index in [0.717, 1.165) is 18.5 Å². The predicted molar refractivity (Wildman–Crippen MR) is 79.0 cm³/mol. The molecule has 4 heteroatoms. The smallest absolute Gasteiger partial charge is 0.319 e. The topological polar surface area (TPSA) is 67.2 Å². The number of nitrogen functional groups attached to an aromatic ring is 1. The van der Waals surface area contributed by atoms with E-state index in [-0.39, 0.29) is 6.03 Å². The Morgan fingerprint density at radius 1 is 1.21 bits per heavy atom. The van der Waals surface area contributed by atoms with Crippen LogP contribution in [0.5, 0.6) is 0 Å². The van der Waals surface area contributed by atoms with Gasteiger partial charge in [-0.15, -0.1) is 0 Å². The third-order valence-electron chi connectivity index (χ3n) is 3.84. The highest BCUT2D eigenvalue weighted by atomic mass is 16.2. The van der Waals surface area contributed by atoms with Gasteiger partial charge in [0.2, 0.25) is 0 Å². The minimum absolute atomic E-state index is 0.130. The Morgan fingerprint density at radius 3 is 2.37 bits per heavy atom. The van der Waals surface area contributed by atoms with Crippen LogP contribution in [0.4, 0.5) is 16.2 Å². The highest BCUT2D eigenvalue weighted by Gasteiger charge is 2.27. The van der Waals surface area contributed by atoms with Gasteiger partial charge in [-0.2, -0.15) is 0 Å². The van der Waals surface area contributed by atoms with Gasteiger partial charge in [0.25, 0.3) is 0 Å². The first kappa shape index (κ1) is 13.7. The molecule has 2 rings (SSSR count). The summed E-state index contributed by atoms with van der Waals surface area (Å²) in [5, 5.41) is 5.87. The van der Waals surface area contributed by atoms with Gasteiger partial charge < -0.3 is 16.4 Å². The number of urea groups is 1. The van der Waals surface area contributed by atoms with E-state index in [4.69, 9.17) is 5.73 Å². The Labute approximate surface area is 114 Å². The van der Waals surface area contributed by atoms with Gasteiger partial charge in [0, 0.05) is 17.4 Å². The van der Waals surface area contributed by atoms with E-state index in [1.54, 1.807) is 24.3 Å². The number of carbonyl (C=O) groups is 1. The molecule has 0 spiro atoms. The van der Waals surface area contributed by atoms with Crippen LogP contribution in [0.25, 0.3) is 0 Å². The number of anilines is 2. The molecule has 0 radical (unpaired) electrons. The lowest BCUT2D eigenvalue weighted by molar-refractivity contribution is 0.202. The summed E-state index contributed by atoms with van der Waals surface area (Å²) in [4.78, 5) is 11.9. The molecule has 0 heterocycles. The fourth-order valence-electron chi connectivity index (χ4n) is 2.46. The van der Waals surface area contributed by atoms with Gasteiger partial charge in [-0.05, 0) is 55.4 Å². The molecule has 1 aromatic rings. The first-order chi connectivity index (χ1) is 8.94. The maximum absolute atomic E-state index is 11.9. The lowest BCUT2D eigenvalue weighted by Crippen LogP contribution is -2.41. The maximum atomic E-state index is 11.9. The van der Waals surface area contributed by atoms with Crippen molar-refractivity contribution < 1.29 is 4.79 Å². The fourth-order valence-corrected chi connectivity index (χ4v) is 2.46. The third-order valence-corrected chi connectivity index (χ3v) is 3.84. The first-order valence-electron chi connectivity index (χ1n) is 6.88. The maximum Gasteiger partial charge on any atom is 0.319 e. The molecule has 1 aromatic carbocycles. The summed E-state index contributed by atoms with van der Waals surface area (Å²) < 4.78 is 0. The number of nitrogens with one attached hydrogen (secondary N) is 2. The molecule has 104 valence electrons. The second-order valence-electron chi connectivity index (χ2n) is 6.16. The average Bonchev–Trinajstić information content (AvgIpc) is 2.35. The zero-order valence-electron chi connectivity index (χ0n) is 11.7. The number of nitrogens with two attached hydrogens (primary N) is 1. The predicted octanol–water partition coefficient (Wildman–Crippen LogP) is 3.36. The fraction of sp³-hybridized carbons (Fsp3) is 0.533. The summed E-state index contributed by atoms with van der Waals surface area (Å²) in [5.74, 6) is 0. The van der Waals surface area contributed by atoms with Crippen molar-refractivity contribution in [3.05, 3.63) is 24.3 Å². The molecular formula is C15H23N3O. The zero-order valence-corrected chi connectivity index (χ0v) is 11.7. The summed E-state index contributed by atoms with van der Waals surface area (Å²) in [7, 11) is 0. The first-order valence-corrected chi connectivity index (χ1v) is 6.88. The zero-order chi connectivity index (χ0) is 13.9. The van der Waals surface area contributed by atoms with Crippen LogP contribution in [0.1, 0.15) is 39.5 Å². The van der Waals surface area contributed by atoms with E-state index in [2.05, 4.69) is 24.5 Å². The lowest BCUT2D eigenvalue weighted by atomic mass is 9.76. The SMILES string of the molecule is CC1(C)CCC(NC(=O)Nc2ccc(N)cc2)CC1. The molecule has 2 amide bonds. The van der Waals surface area contributed by atoms with E-state index >= 15 is 0 Å². The summed E-state index contributed by atoms with van der Waals surface area (Å²) in [6.07, 6.45) is 4.45. The van der Waals surface area contributed by atoms with Crippen LogP contribution in [-0.2, 0) is 0 Å². The molecule has 1 aliphatic rings. The van der Waals surface area contributed by atoms with Crippen molar-refractivity contribution in [1.29, 1.82) is 0 Å². The Balaban J connectivity index is 1.80. The third kappa shape index (κ3) is 4.16. The minimum Gasteiger partial charge on any atom is -0.399 e. The van der Waals surface area contributed by atoms with E-state index in [1.165, 1.54) is 12.8 Å². The number of amides is 2. The molecule has 1 fully saturated rings. The molecule has 0 aliphatic heterocycles. The Hall–Kier alpha value is -1.71. The van der Waals surface area contributed by atoms with E-state index in [1.807, 2.05) is 0 Å². The number of rotatable bonds is 2. The Morgan fingerprint density at radius 2 is 1.79 bits per heavy atom. The van der Waals surface area contributed by atoms with Gasteiger partial charge in [0.05, 0.1) is 0 Å². The molecule has 4 nitrogen and oxygen atoms in total. The Bertz CT molecular complexity index is 429. The monoisotopic (exact) mass is 261 g/mol. The number of hydrogen-bond donors (Lipinski definition) is 3. The molecule has 0 saturated heterocycles. The molecule has 0 aromatic heterocycles. The quantitative estimate of drug-likeness (QED) is 0.715. The van der Waals surface area contributed by atoms with Crippen LogP contribution in [0.2, 0.25) is 0 Å². The van der Waals surface area contributed by atoms with Crippen molar-refractivity contribution in [2.45, 2.75) is 45.6 Å². The van der Waals surface area contributed by atoms with Gasteiger partial charge in [0.15, 0.2) is 0 Å². The van der Waals surface area contributed by atoms with Crippen molar-refractivity contribution in [3.63, 3.8) is 0 Å². The van der Waals surface area contributed by atoms with Crippen LogP contribution in [0.3, 0.4) is 0 Å². The average molecular weight is 261 g/mol. The largest absolute Gasteiger partial charge is 0.399 e. The van der Waals surface area contributed by atoms with Crippen molar-refractivity contribution in [1.82, 2.24) is 5.32 Å². The highest BCUT2D eigenvalue weighted by Crippen LogP contribution is 2.34. The lowest BCUT2D eigenvalue weighted by Gasteiger charge is -2.34. The van der Waals surface area contributed by atoms with E-state index in [9.17, 15) is 4.79 Å². The van der Waals surface area contributed by atoms with Crippen molar-refractivity contribution >= 4 is 17.4 Å². The number of benzene rings is 1. The van der Waals surface area contributed by atoms with Gasteiger partial charge in [-0.25, -0.2) is 4.79 Å². The molecule has 0 bridgehead atoms. The van der Waals surface area contributed by atoms with Gasteiger partial charge >= 0.3 is 6.03 Å². The van der Waals surface area contributed by atoms with Crippen molar-refractivity contribution in [2.75, 3.05) is 11.1 Å². The molecule has 1 saturated carbocycles. The molecule has 4 N–H and O–H groups in total. The molecule has 0 unspecified atom stereocenters. The molecule has 0 atom stereocenters. The number of hydrogen-bond acceptors (Lipinski definition) is 2. The minimum atomic E-state index is -0.130. The van der Waals surface area contributed by atoms with Crippen molar-refractivity contribution in [2.24, 2.45) is 5.41 Å². The summed E-state index contributed by atoms with van der Waals surface area (Å²) in [6, 6.07) is 7.33. The number of carbonyl (C=O) groups excluding carboxylic acids is 1. The molecule has 1 aliphatic carbocycles. The highest BCUT2D eigenvalue weighted by molar-refractivity contribution is 5.89. The van der Waals surface area contributed by atoms with Crippen LogP contribution < -0.4 is 16.4 Å². The summed E-state index contributed by atoms with van der Waals surface area (Å²) >= 11 is 0. The molecular weight excluding hydrogens is 238 g/mol. The normalized spacial score (nSPS) is 18.8. The van der Waals surface area contributed by atoms with Gasteiger partial charge in [-0.1, -0.05) is 13.8 Å². The second-order valence-corrected chi connectivity index (χ2v) is 6.16. The Kier molecular flexibility index (Phi) is 3.98. The second kappa shape index (κ2) is 5.51. The van der Waals surface area contributed by atoms with E-state index in [0.29, 0.717) is 17.1 Å².